The van der Waals surface area contributed by atoms with E-state index in [1.165, 1.54) is 0 Å². The molecule has 0 fully saturated rings. The van der Waals surface area contributed by atoms with Crippen LogP contribution in [0.25, 0.3) is 0 Å². The normalized spacial score (nSPS) is 12.4. The van der Waals surface area contributed by atoms with Crippen molar-refractivity contribution in [3.63, 3.8) is 0 Å². The highest BCUT2D eigenvalue weighted by Crippen LogP contribution is 2.25. The molecular formula is C16H23N3O2. The molecule has 114 valence electrons. The van der Waals surface area contributed by atoms with Crippen molar-refractivity contribution in [3.05, 3.63) is 47.3 Å². The van der Waals surface area contributed by atoms with Gasteiger partial charge in [0.2, 0.25) is 0 Å². The zero-order valence-corrected chi connectivity index (χ0v) is 12.8. The number of aryl methyl sites for hydroxylation is 2. The van der Waals surface area contributed by atoms with Crippen LogP contribution in [0.1, 0.15) is 22.8 Å². The van der Waals surface area contributed by atoms with Gasteiger partial charge in [-0.1, -0.05) is 11.6 Å². The first-order chi connectivity index (χ1) is 10.1. The third-order valence-corrected chi connectivity index (χ3v) is 3.36. The monoisotopic (exact) mass is 289 g/mol. The molecule has 2 aromatic rings. The summed E-state index contributed by atoms with van der Waals surface area (Å²) < 4.78 is 7.19. The first-order valence-corrected chi connectivity index (χ1v) is 7.12. The van der Waals surface area contributed by atoms with Gasteiger partial charge in [-0.15, -0.1) is 0 Å². The molecule has 0 aliphatic carbocycles. The van der Waals surface area contributed by atoms with Gasteiger partial charge in [0, 0.05) is 24.8 Å². The Morgan fingerprint density at radius 3 is 2.81 bits per heavy atom. The Bertz CT molecular complexity index is 581. The maximum absolute atomic E-state index is 10.3. The SMILES string of the molecule is COc1ccc(C)cc1[C@H](O)CNCCn1cc(C)cn1. The van der Waals surface area contributed by atoms with Crippen molar-refractivity contribution in [1.82, 2.24) is 15.1 Å². The minimum atomic E-state index is -0.584. The molecule has 0 aliphatic rings. The van der Waals surface area contributed by atoms with E-state index in [2.05, 4.69) is 10.4 Å². The summed E-state index contributed by atoms with van der Waals surface area (Å²) in [5.41, 5.74) is 3.08. The van der Waals surface area contributed by atoms with Crippen molar-refractivity contribution in [3.8, 4) is 5.75 Å². The Balaban J connectivity index is 1.84. The lowest BCUT2D eigenvalue weighted by Gasteiger charge is -2.16. The number of hydrogen-bond acceptors (Lipinski definition) is 4. The molecule has 0 unspecified atom stereocenters. The quantitative estimate of drug-likeness (QED) is 0.764. The summed E-state index contributed by atoms with van der Waals surface area (Å²) in [6.45, 7) is 6.05. The van der Waals surface area contributed by atoms with E-state index in [0.717, 1.165) is 35.5 Å². The van der Waals surface area contributed by atoms with Gasteiger partial charge in [0.25, 0.3) is 0 Å². The maximum atomic E-state index is 10.3. The molecule has 5 nitrogen and oxygen atoms in total. The molecule has 2 N–H and O–H groups in total. The fraction of sp³-hybridized carbons (Fsp3) is 0.438. The second kappa shape index (κ2) is 7.24. The number of aliphatic hydroxyl groups is 1. The first-order valence-electron chi connectivity index (χ1n) is 7.12. The predicted octanol–water partition coefficient (Wildman–Crippen LogP) is 1.83. The van der Waals surface area contributed by atoms with E-state index < -0.39 is 6.10 Å². The molecule has 1 aromatic carbocycles. The van der Waals surface area contributed by atoms with Gasteiger partial charge in [-0.25, -0.2) is 0 Å². The number of methoxy groups -OCH3 is 1. The molecule has 5 heteroatoms. The largest absolute Gasteiger partial charge is 0.496 e. The fourth-order valence-corrected chi connectivity index (χ4v) is 2.25. The minimum Gasteiger partial charge on any atom is -0.496 e. The molecule has 1 aromatic heterocycles. The van der Waals surface area contributed by atoms with Gasteiger partial charge in [0.05, 0.1) is 26.0 Å². The molecule has 2 rings (SSSR count). The van der Waals surface area contributed by atoms with Crippen molar-refractivity contribution in [2.45, 2.75) is 26.5 Å². The Hall–Kier alpha value is -1.85. The number of ether oxygens (including phenoxy) is 1. The number of nitrogens with zero attached hydrogens (tertiary/aromatic N) is 2. The van der Waals surface area contributed by atoms with Gasteiger partial charge in [0.1, 0.15) is 5.75 Å². The summed E-state index contributed by atoms with van der Waals surface area (Å²) in [5, 5.41) is 17.8. The van der Waals surface area contributed by atoms with E-state index in [-0.39, 0.29) is 0 Å². The Labute approximate surface area is 125 Å². The van der Waals surface area contributed by atoms with Crippen LogP contribution in [0.4, 0.5) is 0 Å². The van der Waals surface area contributed by atoms with Gasteiger partial charge < -0.3 is 15.2 Å². The fourth-order valence-electron chi connectivity index (χ4n) is 2.25. The van der Waals surface area contributed by atoms with Gasteiger partial charge in [-0.3, -0.25) is 4.68 Å². The molecule has 0 saturated carbocycles. The van der Waals surface area contributed by atoms with Crippen molar-refractivity contribution < 1.29 is 9.84 Å². The van der Waals surface area contributed by atoms with Crippen LogP contribution in [-0.4, -0.2) is 35.1 Å². The van der Waals surface area contributed by atoms with Crippen LogP contribution < -0.4 is 10.1 Å². The molecule has 0 amide bonds. The van der Waals surface area contributed by atoms with Crippen molar-refractivity contribution in [2.24, 2.45) is 0 Å². The van der Waals surface area contributed by atoms with E-state index in [0.29, 0.717) is 6.54 Å². The summed E-state index contributed by atoms with van der Waals surface area (Å²) >= 11 is 0. The number of nitrogens with one attached hydrogen (secondary N) is 1. The highest BCUT2D eigenvalue weighted by Gasteiger charge is 2.13. The highest BCUT2D eigenvalue weighted by molar-refractivity contribution is 5.38. The van der Waals surface area contributed by atoms with Crippen molar-refractivity contribution >= 4 is 0 Å². The molecule has 0 aliphatic heterocycles. The van der Waals surface area contributed by atoms with Crippen LogP contribution in [0.3, 0.4) is 0 Å². The number of aliphatic hydroxyl groups excluding tert-OH is 1. The third-order valence-electron chi connectivity index (χ3n) is 3.36. The molecule has 0 bridgehead atoms. The van der Waals surface area contributed by atoms with Crippen LogP contribution in [-0.2, 0) is 6.54 Å². The lowest BCUT2D eigenvalue weighted by atomic mass is 10.1. The second-order valence-corrected chi connectivity index (χ2v) is 5.25. The van der Waals surface area contributed by atoms with Crippen molar-refractivity contribution in [2.75, 3.05) is 20.2 Å². The van der Waals surface area contributed by atoms with Crippen LogP contribution >= 0.6 is 0 Å². The summed E-state index contributed by atoms with van der Waals surface area (Å²) in [6.07, 6.45) is 3.26. The lowest BCUT2D eigenvalue weighted by molar-refractivity contribution is 0.170. The van der Waals surface area contributed by atoms with Crippen LogP contribution in [0.5, 0.6) is 5.75 Å². The molecular weight excluding hydrogens is 266 g/mol. The van der Waals surface area contributed by atoms with Crippen LogP contribution in [0, 0.1) is 13.8 Å². The predicted molar refractivity (Wildman–Crippen MR) is 82.5 cm³/mol. The first kappa shape index (κ1) is 15.5. The molecule has 1 heterocycles. The van der Waals surface area contributed by atoms with Crippen LogP contribution in [0.15, 0.2) is 30.6 Å². The average Bonchev–Trinajstić information content (AvgIpc) is 2.89. The van der Waals surface area contributed by atoms with Crippen molar-refractivity contribution in [1.29, 1.82) is 0 Å². The van der Waals surface area contributed by atoms with E-state index in [4.69, 9.17) is 4.74 Å². The summed E-state index contributed by atoms with van der Waals surface area (Å²) in [7, 11) is 1.62. The molecule has 0 saturated heterocycles. The van der Waals surface area contributed by atoms with E-state index in [1.54, 1.807) is 7.11 Å². The minimum absolute atomic E-state index is 0.486. The smallest absolute Gasteiger partial charge is 0.124 e. The molecule has 21 heavy (non-hydrogen) atoms. The molecule has 0 radical (unpaired) electrons. The van der Waals surface area contributed by atoms with E-state index >= 15 is 0 Å². The summed E-state index contributed by atoms with van der Waals surface area (Å²) in [5.74, 6) is 0.720. The Morgan fingerprint density at radius 2 is 2.14 bits per heavy atom. The third kappa shape index (κ3) is 4.31. The van der Waals surface area contributed by atoms with Crippen LogP contribution in [0.2, 0.25) is 0 Å². The number of benzene rings is 1. The lowest BCUT2D eigenvalue weighted by Crippen LogP contribution is -2.25. The second-order valence-electron chi connectivity index (χ2n) is 5.25. The summed E-state index contributed by atoms with van der Waals surface area (Å²) in [4.78, 5) is 0. The Kier molecular flexibility index (Phi) is 5.36. The number of hydrogen-bond donors (Lipinski definition) is 2. The van der Waals surface area contributed by atoms with Gasteiger partial charge in [-0.05, 0) is 31.5 Å². The number of rotatable bonds is 7. The Morgan fingerprint density at radius 1 is 1.33 bits per heavy atom. The topological polar surface area (TPSA) is 59.3 Å². The number of aromatic nitrogens is 2. The van der Waals surface area contributed by atoms with Gasteiger partial charge >= 0.3 is 0 Å². The van der Waals surface area contributed by atoms with E-state index in [1.807, 2.05) is 49.1 Å². The summed E-state index contributed by atoms with van der Waals surface area (Å²) in [6, 6.07) is 5.82. The van der Waals surface area contributed by atoms with Gasteiger partial charge in [0.15, 0.2) is 0 Å². The van der Waals surface area contributed by atoms with Gasteiger partial charge in [-0.2, -0.15) is 5.10 Å². The zero-order chi connectivity index (χ0) is 15.2. The van der Waals surface area contributed by atoms with E-state index in [9.17, 15) is 5.11 Å². The standard InChI is InChI=1S/C16H23N3O2/c1-12-4-5-16(21-3)14(8-12)15(20)10-17-6-7-19-11-13(2)9-18-19/h4-5,8-9,11,15,17,20H,6-7,10H2,1-3H3/t15-/m1/s1. The maximum Gasteiger partial charge on any atom is 0.124 e. The average molecular weight is 289 g/mol. The molecule has 1 atom stereocenters. The zero-order valence-electron chi connectivity index (χ0n) is 12.8. The molecule has 0 spiro atoms. The highest BCUT2D eigenvalue weighted by atomic mass is 16.5.